The van der Waals surface area contributed by atoms with Crippen LogP contribution in [0.25, 0.3) is 28.2 Å². The molecule has 4 aromatic rings. The van der Waals surface area contributed by atoms with Crippen LogP contribution >= 0.6 is 0 Å². The first-order valence-electron chi connectivity index (χ1n) is 10.4. The number of hydrogen-bond donors (Lipinski definition) is 0. The van der Waals surface area contributed by atoms with Gasteiger partial charge >= 0.3 is 6.09 Å². The maximum atomic E-state index is 12.4. The number of fused-ring (bicyclic) bond motifs is 2. The molecule has 0 aliphatic carbocycles. The highest BCUT2D eigenvalue weighted by atomic mass is 16.6. The number of carbonyl (C=O) groups excluding carboxylic acids is 1. The van der Waals surface area contributed by atoms with Gasteiger partial charge in [0, 0.05) is 32.4 Å². The molecular formula is C21H24N8O3. The van der Waals surface area contributed by atoms with Crippen LogP contribution in [0.4, 0.5) is 4.79 Å². The molecule has 1 saturated heterocycles. The van der Waals surface area contributed by atoms with Crippen molar-refractivity contribution in [2.24, 2.45) is 7.05 Å². The predicted octanol–water partition coefficient (Wildman–Crippen LogP) is 2.46. The number of hydrogen-bond acceptors (Lipinski definition) is 8. The largest absolute Gasteiger partial charge is 0.471 e. The van der Waals surface area contributed by atoms with Gasteiger partial charge in [-0.25, -0.2) is 24.3 Å². The van der Waals surface area contributed by atoms with Gasteiger partial charge in [-0.05, 0) is 26.8 Å². The molecule has 0 spiro atoms. The number of aromatic nitrogens is 7. The van der Waals surface area contributed by atoms with E-state index in [2.05, 4.69) is 20.1 Å². The molecule has 0 radical (unpaired) electrons. The fourth-order valence-corrected chi connectivity index (χ4v) is 3.77. The number of imidazole rings is 1. The number of likely N-dealkylation sites (tertiary alicyclic amines) is 1. The zero-order valence-electron chi connectivity index (χ0n) is 18.4. The van der Waals surface area contributed by atoms with E-state index in [1.165, 1.54) is 6.33 Å². The number of rotatable bonds is 3. The smallest absolute Gasteiger partial charge is 0.410 e. The van der Waals surface area contributed by atoms with E-state index in [-0.39, 0.29) is 12.2 Å². The molecule has 0 aromatic carbocycles. The number of aryl methyl sites for hydroxylation is 1. The first-order chi connectivity index (χ1) is 15.3. The summed E-state index contributed by atoms with van der Waals surface area (Å²) >= 11 is 0. The Morgan fingerprint density at radius 2 is 2.03 bits per heavy atom. The summed E-state index contributed by atoms with van der Waals surface area (Å²) in [5.41, 5.74) is 2.14. The summed E-state index contributed by atoms with van der Waals surface area (Å²) in [6.07, 6.45) is 6.88. The molecule has 0 bridgehead atoms. The predicted molar refractivity (Wildman–Crippen MR) is 115 cm³/mol. The molecule has 32 heavy (non-hydrogen) atoms. The molecule has 166 valence electrons. The summed E-state index contributed by atoms with van der Waals surface area (Å²) in [5.74, 6) is 1.05. The third-order valence-corrected chi connectivity index (χ3v) is 5.22. The first kappa shape index (κ1) is 20.2. The van der Waals surface area contributed by atoms with Crippen LogP contribution in [-0.2, 0) is 11.8 Å². The zero-order chi connectivity index (χ0) is 22.5. The van der Waals surface area contributed by atoms with Crippen molar-refractivity contribution in [3.05, 3.63) is 31.0 Å². The minimum absolute atomic E-state index is 0.204. The molecule has 1 aliphatic heterocycles. The quantitative estimate of drug-likeness (QED) is 0.481. The van der Waals surface area contributed by atoms with Gasteiger partial charge in [0.1, 0.15) is 23.9 Å². The fourth-order valence-electron chi connectivity index (χ4n) is 3.77. The Kier molecular flexibility index (Phi) is 4.68. The summed E-state index contributed by atoms with van der Waals surface area (Å²) in [4.78, 5) is 31.9. The normalized spacial score (nSPS) is 16.8. The summed E-state index contributed by atoms with van der Waals surface area (Å²) in [7, 11) is 1.88. The molecule has 1 atom stereocenters. The Morgan fingerprint density at radius 1 is 1.19 bits per heavy atom. The van der Waals surface area contributed by atoms with Crippen LogP contribution in [0.3, 0.4) is 0 Å². The van der Waals surface area contributed by atoms with Crippen LogP contribution in [0.1, 0.15) is 27.2 Å². The van der Waals surface area contributed by atoms with Crippen LogP contribution in [0.5, 0.6) is 5.88 Å². The molecule has 5 heterocycles. The maximum Gasteiger partial charge on any atom is 0.410 e. The van der Waals surface area contributed by atoms with Crippen molar-refractivity contribution in [1.82, 2.24) is 39.0 Å². The first-order valence-corrected chi connectivity index (χ1v) is 10.4. The lowest BCUT2D eigenvalue weighted by Gasteiger charge is -2.24. The van der Waals surface area contributed by atoms with Crippen LogP contribution in [0.2, 0.25) is 0 Å². The maximum absolute atomic E-state index is 12.4. The minimum atomic E-state index is -0.536. The second-order valence-corrected chi connectivity index (χ2v) is 8.75. The Bertz CT molecular complexity index is 1310. The van der Waals surface area contributed by atoms with Crippen molar-refractivity contribution in [1.29, 1.82) is 0 Å². The molecule has 1 fully saturated rings. The lowest BCUT2D eigenvalue weighted by molar-refractivity contribution is 0.0275. The highest BCUT2D eigenvalue weighted by Crippen LogP contribution is 2.30. The average Bonchev–Trinajstić information content (AvgIpc) is 3.45. The third-order valence-electron chi connectivity index (χ3n) is 5.22. The Labute approximate surface area is 184 Å². The van der Waals surface area contributed by atoms with E-state index >= 15 is 0 Å². The van der Waals surface area contributed by atoms with E-state index < -0.39 is 5.60 Å². The molecule has 0 N–H and O–H groups in total. The van der Waals surface area contributed by atoms with Crippen molar-refractivity contribution in [3.8, 4) is 17.3 Å². The van der Waals surface area contributed by atoms with Gasteiger partial charge in [-0.15, -0.1) is 0 Å². The second-order valence-electron chi connectivity index (χ2n) is 8.75. The van der Waals surface area contributed by atoms with Crippen molar-refractivity contribution in [3.63, 3.8) is 0 Å². The molecule has 4 aromatic heterocycles. The third kappa shape index (κ3) is 3.59. The van der Waals surface area contributed by atoms with Crippen molar-refractivity contribution in [2.45, 2.75) is 38.9 Å². The average molecular weight is 436 g/mol. The van der Waals surface area contributed by atoms with E-state index in [0.29, 0.717) is 48.0 Å². The Balaban J connectivity index is 1.42. The summed E-state index contributed by atoms with van der Waals surface area (Å²) < 4.78 is 15.2. The SMILES string of the molecule is Cn1c(-c2cnn3cccnc23)nc2c(O[C@H]3CCN(C(=O)OC(C)(C)C)C3)ncnc21. The number of ether oxygens (including phenoxy) is 2. The Morgan fingerprint density at radius 3 is 2.84 bits per heavy atom. The molecule has 0 unspecified atom stereocenters. The van der Waals surface area contributed by atoms with E-state index in [0.717, 1.165) is 5.56 Å². The van der Waals surface area contributed by atoms with Crippen molar-refractivity contribution < 1.29 is 14.3 Å². The Hall–Kier alpha value is -3.76. The van der Waals surface area contributed by atoms with Gasteiger partial charge in [0.25, 0.3) is 0 Å². The molecular weight excluding hydrogens is 412 g/mol. The molecule has 11 heteroatoms. The molecule has 1 amide bonds. The fraction of sp³-hybridized carbons (Fsp3) is 0.429. The van der Waals surface area contributed by atoms with Gasteiger partial charge in [0.15, 0.2) is 16.8 Å². The van der Waals surface area contributed by atoms with Gasteiger partial charge < -0.3 is 18.9 Å². The van der Waals surface area contributed by atoms with Gasteiger partial charge in [0.2, 0.25) is 5.88 Å². The molecule has 1 aliphatic rings. The summed E-state index contributed by atoms with van der Waals surface area (Å²) in [6.45, 7) is 6.55. The number of carbonyl (C=O) groups is 1. The monoisotopic (exact) mass is 436 g/mol. The summed E-state index contributed by atoms with van der Waals surface area (Å²) in [5, 5.41) is 4.35. The van der Waals surface area contributed by atoms with Crippen LogP contribution < -0.4 is 4.74 Å². The molecule has 0 saturated carbocycles. The second kappa shape index (κ2) is 7.43. The minimum Gasteiger partial charge on any atom is -0.471 e. The number of amides is 1. The highest BCUT2D eigenvalue weighted by molar-refractivity contribution is 5.84. The van der Waals surface area contributed by atoms with Crippen molar-refractivity contribution >= 4 is 22.9 Å². The number of nitrogens with zero attached hydrogens (tertiary/aromatic N) is 8. The van der Waals surface area contributed by atoms with E-state index in [1.807, 2.05) is 44.6 Å². The van der Waals surface area contributed by atoms with Crippen LogP contribution in [0, 0.1) is 0 Å². The van der Waals surface area contributed by atoms with Gasteiger partial charge in [0.05, 0.1) is 18.3 Å². The topological polar surface area (TPSA) is 113 Å². The van der Waals surface area contributed by atoms with Gasteiger partial charge in [-0.2, -0.15) is 10.1 Å². The van der Waals surface area contributed by atoms with Gasteiger partial charge in [-0.3, -0.25) is 0 Å². The van der Waals surface area contributed by atoms with Crippen molar-refractivity contribution in [2.75, 3.05) is 13.1 Å². The van der Waals surface area contributed by atoms with E-state index in [1.54, 1.807) is 21.8 Å². The van der Waals surface area contributed by atoms with Crippen LogP contribution in [0.15, 0.2) is 31.0 Å². The summed E-state index contributed by atoms with van der Waals surface area (Å²) in [6, 6.07) is 1.82. The van der Waals surface area contributed by atoms with Gasteiger partial charge in [-0.1, -0.05) is 0 Å². The van der Waals surface area contributed by atoms with Crippen LogP contribution in [-0.4, -0.2) is 69.9 Å². The molecule has 11 nitrogen and oxygen atoms in total. The standard InChI is InChI=1S/C21H24N8O3/c1-21(2,3)32-20(30)28-9-6-13(11-28)31-19-15-18(23-12-24-19)27(4)17(26-15)14-10-25-29-8-5-7-22-16(14)29/h5,7-8,10,12-13H,6,9,11H2,1-4H3/t13-/m0/s1. The lowest BCUT2D eigenvalue weighted by Crippen LogP contribution is -2.36. The van der Waals surface area contributed by atoms with E-state index in [4.69, 9.17) is 14.5 Å². The van der Waals surface area contributed by atoms with E-state index in [9.17, 15) is 4.79 Å². The lowest BCUT2D eigenvalue weighted by atomic mass is 10.2. The zero-order valence-corrected chi connectivity index (χ0v) is 18.4. The molecule has 5 rings (SSSR count). The highest BCUT2D eigenvalue weighted by Gasteiger charge is 2.32.